The largest absolute Gasteiger partial charge is 0.347 e. The van der Waals surface area contributed by atoms with Crippen LogP contribution in [0.25, 0.3) is 16.7 Å². The molecule has 0 aliphatic heterocycles. The van der Waals surface area contributed by atoms with Crippen molar-refractivity contribution in [2.45, 2.75) is 53.5 Å². The van der Waals surface area contributed by atoms with Crippen LogP contribution in [0.4, 0.5) is 0 Å². The number of aromatic nitrogens is 3. The van der Waals surface area contributed by atoms with Crippen molar-refractivity contribution in [3.05, 3.63) is 53.9 Å². The Labute approximate surface area is 160 Å². The summed E-state index contributed by atoms with van der Waals surface area (Å²) in [5, 5.41) is 8.64. The third-order valence-corrected chi connectivity index (χ3v) is 4.48. The number of para-hydroxylation sites is 1. The quantitative estimate of drug-likeness (QED) is 0.731. The van der Waals surface area contributed by atoms with Gasteiger partial charge in [0.1, 0.15) is 0 Å². The zero-order valence-electron chi connectivity index (χ0n) is 17.0. The molecule has 0 fully saturated rings. The van der Waals surface area contributed by atoms with Crippen LogP contribution < -0.4 is 5.32 Å². The van der Waals surface area contributed by atoms with Crippen molar-refractivity contribution in [3.8, 4) is 5.82 Å². The van der Waals surface area contributed by atoms with E-state index in [2.05, 4.69) is 50.0 Å². The van der Waals surface area contributed by atoms with E-state index in [9.17, 15) is 4.79 Å². The van der Waals surface area contributed by atoms with E-state index in [0.717, 1.165) is 23.0 Å². The number of carbonyl (C=O) groups excluding carboxylic acids is 1. The molecule has 0 unspecified atom stereocenters. The molecule has 27 heavy (non-hydrogen) atoms. The highest BCUT2D eigenvalue weighted by Crippen LogP contribution is 2.27. The van der Waals surface area contributed by atoms with Gasteiger partial charge in [-0.2, -0.15) is 5.10 Å². The van der Waals surface area contributed by atoms with Crippen LogP contribution in [0.1, 0.15) is 57.1 Å². The molecule has 2 aromatic heterocycles. The summed E-state index contributed by atoms with van der Waals surface area (Å²) < 4.78 is 1.72. The number of benzene rings is 1. The van der Waals surface area contributed by atoms with Crippen molar-refractivity contribution in [3.63, 3.8) is 0 Å². The normalized spacial score (nSPS) is 12.4. The van der Waals surface area contributed by atoms with E-state index in [1.165, 1.54) is 0 Å². The van der Waals surface area contributed by atoms with Crippen molar-refractivity contribution in [2.75, 3.05) is 0 Å². The molecule has 0 aliphatic carbocycles. The van der Waals surface area contributed by atoms with E-state index < -0.39 is 0 Å². The molecular weight excluding hydrogens is 336 g/mol. The summed E-state index contributed by atoms with van der Waals surface area (Å²) in [6.07, 6.45) is 2.50. The molecule has 0 radical (unpaired) electrons. The zero-order chi connectivity index (χ0) is 19.8. The molecule has 0 bridgehead atoms. The lowest BCUT2D eigenvalue weighted by Gasteiger charge is -2.33. The minimum Gasteiger partial charge on any atom is -0.347 e. The summed E-state index contributed by atoms with van der Waals surface area (Å²) >= 11 is 0. The van der Waals surface area contributed by atoms with Crippen molar-refractivity contribution >= 4 is 16.8 Å². The van der Waals surface area contributed by atoms with E-state index in [4.69, 9.17) is 0 Å². The zero-order valence-corrected chi connectivity index (χ0v) is 17.0. The van der Waals surface area contributed by atoms with Crippen LogP contribution in [-0.2, 0) is 0 Å². The van der Waals surface area contributed by atoms with Crippen molar-refractivity contribution in [1.82, 2.24) is 20.1 Å². The molecule has 1 amide bonds. The molecule has 1 aromatic carbocycles. The first kappa shape index (κ1) is 19.1. The van der Waals surface area contributed by atoms with E-state index in [0.29, 0.717) is 11.4 Å². The molecule has 0 atom stereocenters. The van der Waals surface area contributed by atoms with E-state index in [-0.39, 0.29) is 16.9 Å². The van der Waals surface area contributed by atoms with Crippen LogP contribution in [0.15, 0.2) is 42.6 Å². The summed E-state index contributed by atoms with van der Waals surface area (Å²) in [5.41, 5.74) is 2.09. The molecule has 5 nitrogen and oxygen atoms in total. The van der Waals surface area contributed by atoms with Gasteiger partial charge < -0.3 is 5.32 Å². The van der Waals surface area contributed by atoms with E-state index >= 15 is 0 Å². The van der Waals surface area contributed by atoms with Crippen LogP contribution in [0.3, 0.4) is 0 Å². The second kappa shape index (κ2) is 6.80. The topological polar surface area (TPSA) is 59.8 Å². The Hall–Kier alpha value is -2.69. The summed E-state index contributed by atoms with van der Waals surface area (Å²) in [5.74, 6) is 0.605. The van der Waals surface area contributed by atoms with Gasteiger partial charge in [-0.1, -0.05) is 39.0 Å². The number of nitrogens with one attached hydrogen (secondary N) is 1. The van der Waals surface area contributed by atoms with Gasteiger partial charge in [-0.05, 0) is 50.8 Å². The van der Waals surface area contributed by atoms with Gasteiger partial charge in [-0.25, -0.2) is 9.67 Å². The fourth-order valence-corrected chi connectivity index (χ4v) is 3.78. The lowest BCUT2D eigenvalue weighted by Crippen LogP contribution is -2.45. The number of carbonyl (C=O) groups is 1. The fraction of sp³-hybridized carbons (Fsp3) is 0.409. The highest BCUT2D eigenvalue weighted by molar-refractivity contribution is 5.95. The minimum absolute atomic E-state index is 0.103. The number of hydrogen-bond acceptors (Lipinski definition) is 3. The summed E-state index contributed by atoms with van der Waals surface area (Å²) in [7, 11) is 0. The van der Waals surface area contributed by atoms with Crippen molar-refractivity contribution in [2.24, 2.45) is 5.41 Å². The standard InChI is InChI=1S/C22H28N4O/c1-15-17(20(27)25-22(5,6)14-21(2,3)4)13-23-26(15)19-12-11-16-9-7-8-10-18(16)24-19/h7-13H,14H2,1-6H3,(H,25,27). The third-order valence-electron chi connectivity index (χ3n) is 4.48. The number of rotatable bonds is 4. The Morgan fingerprint density at radius 1 is 1.07 bits per heavy atom. The van der Waals surface area contributed by atoms with Crippen molar-refractivity contribution < 1.29 is 4.79 Å². The van der Waals surface area contributed by atoms with Crippen LogP contribution in [0, 0.1) is 12.3 Å². The average molecular weight is 364 g/mol. The lowest BCUT2D eigenvalue weighted by atomic mass is 9.81. The number of pyridine rings is 1. The van der Waals surface area contributed by atoms with Gasteiger partial charge in [0.2, 0.25) is 0 Å². The Bertz CT molecular complexity index is 979. The Kier molecular flexibility index (Phi) is 4.81. The molecule has 1 N–H and O–H groups in total. The second-order valence-corrected chi connectivity index (χ2v) is 8.99. The Morgan fingerprint density at radius 3 is 2.48 bits per heavy atom. The predicted molar refractivity (Wildman–Crippen MR) is 109 cm³/mol. The maximum Gasteiger partial charge on any atom is 0.255 e. The molecule has 3 rings (SSSR count). The molecule has 142 valence electrons. The Balaban J connectivity index is 1.87. The van der Waals surface area contributed by atoms with Gasteiger partial charge in [0, 0.05) is 10.9 Å². The first-order valence-corrected chi connectivity index (χ1v) is 9.29. The minimum atomic E-state index is -0.301. The van der Waals surface area contributed by atoms with E-state index in [1.807, 2.05) is 43.3 Å². The van der Waals surface area contributed by atoms with Gasteiger partial charge in [-0.15, -0.1) is 0 Å². The van der Waals surface area contributed by atoms with Gasteiger partial charge in [-0.3, -0.25) is 4.79 Å². The van der Waals surface area contributed by atoms with Gasteiger partial charge in [0.15, 0.2) is 5.82 Å². The first-order chi connectivity index (χ1) is 12.6. The van der Waals surface area contributed by atoms with Crippen LogP contribution >= 0.6 is 0 Å². The lowest BCUT2D eigenvalue weighted by molar-refractivity contribution is 0.0891. The SMILES string of the molecule is Cc1c(C(=O)NC(C)(C)CC(C)(C)C)cnn1-c1ccc2ccccc2n1. The Morgan fingerprint density at radius 2 is 1.78 bits per heavy atom. The number of amides is 1. The smallest absolute Gasteiger partial charge is 0.255 e. The average Bonchev–Trinajstić information content (AvgIpc) is 2.93. The van der Waals surface area contributed by atoms with Gasteiger partial charge in [0.25, 0.3) is 5.91 Å². The second-order valence-electron chi connectivity index (χ2n) is 8.99. The molecule has 3 aromatic rings. The van der Waals surface area contributed by atoms with Gasteiger partial charge >= 0.3 is 0 Å². The molecule has 0 spiro atoms. The van der Waals surface area contributed by atoms with Crippen LogP contribution in [0.5, 0.6) is 0 Å². The molecule has 0 saturated carbocycles. The number of hydrogen-bond donors (Lipinski definition) is 1. The molecule has 2 heterocycles. The van der Waals surface area contributed by atoms with Crippen LogP contribution in [-0.4, -0.2) is 26.2 Å². The number of fused-ring (bicyclic) bond motifs is 1. The number of nitrogens with zero attached hydrogens (tertiary/aromatic N) is 3. The summed E-state index contributed by atoms with van der Waals surface area (Å²) in [6.45, 7) is 12.5. The highest BCUT2D eigenvalue weighted by Gasteiger charge is 2.28. The molecule has 0 saturated heterocycles. The first-order valence-electron chi connectivity index (χ1n) is 9.29. The summed E-state index contributed by atoms with van der Waals surface area (Å²) in [4.78, 5) is 17.5. The molecule has 5 heteroatoms. The predicted octanol–water partition coefficient (Wildman–Crippen LogP) is 4.67. The van der Waals surface area contributed by atoms with Gasteiger partial charge in [0.05, 0.1) is 23.0 Å². The maximum absolute atomic E-state index is 12.8. The monoisotopic (exact) mass is 364 g/mol. The van der Waals surface area contributed by atoms with Crippen molar-refractivity contribution in [1.29, 1.82) is 0 Å². The molecule has 0 aliphatic rings. The third kappa shape index (κ3) is 4.35. The van der Waals surface area contributed by atoms with E-state index in [1.54, 1.807) is 10.9 Å². The molecular formula is C22H28N4O. The fourth-order valence-electron chi connectivity index (χ4n) is 3.78. The van der Waals surface area contributed by atoms with Crippen LogP contribution in [0.2, 0.25) is 0 Å². The maximum atomic E-state index is 12.8. The highest BCUT2D eigenvalue weighted by atomic mass is 16.1. The summed E-state index contributed by atoms with van der Waals surface area (Å²) in [6, 6.07) is 11.9.